The summed E-state index contributed by atoms with van der Waals surface area (Å²) >= 11 is 3.43. The summed E-state index contributed by atoms with van der Waals surface area (Å²) < 4.78 is 1.01. The Kier molecular flexibility index (Phi) is 4.66. The molecule has 0 saturated carbocycles. The van der Waals surface area contributed by atoms with Gasteiger partial charge in [0, 0.05) is 35.8 Å². The SMILES string of the molecule is NCc1cc(Br)ccc1NC1CCN(C(=O)O)CC1. The monoisotopic (exact) mass is 327 g/mol. The third-order valence-electron chi connectivity index (χ3n) is 3.41. The minimum Gasteiger partial charge on any atom is -0.465 e. The van der Waals surface area contributed by atoms with E-state index >= 15 is 0 Å². The highest BCUT2D eigenvalue weighted by molar-refractivity contribution is 9.10. The zero-order valence-corrected chi connectivity index (χ0v) is 12.2. The Labute approximate surface area is 120 Å². The summed E-state index contributed by atoms with van der Waals surface area (Å²) in [6.45, 7) is 1.65. The average molecular weight is 328 g/mol. The van der Waals surface area contributed by atoms with Crippen molar-refractivity contribution in [2.75, 3.05) is 18.4 Å². The van der Waals surface area contributed by atoms with Crippen molar-refractivity contribution < 1.29 is 9.90 Å². The van der Waals surface area contributed by atoms with Crippen LogP contribution in [0.25, 0.3) is 0 Å². The lowest BCUT2D eigenvalue weighted by atomic mass is 10.0. The lowest BCUT2D eigenvalue weighted by Crippen LogP contribution is -2.41. The van der Waals surface area contributed by atoms with Crippen LogP contribution in [-0.2, 0) is 6.54 Å². The Morgan fingerprint density at radius 1 is 1.47 bits per heavy atom. The van der Waals surface area contributed by atoms with Crippen molar-refractivity contribution >= 4 is 27.7 Å². The second-order valence-corrected chi connectivity index (χ2v) is 5.61. The fourth-order valence-corrected chi connectivity index (χ4v) is 2.72. The molecule has 1 aliphatic rings. The second-order valence-electron chi connectivity index (χ2n) is 4.69. The largest absolute Gasteiger partial charge is 0.465 e. The van der Waals surface area contributed by atoms with Crippen LogP contribution < -0.4 is 11.1 Å². The van der Waals surface area contributed by atoms with Gasteiger partial charge in [0.2, 0.25) is 0 Å². The molecule has 104 valence electrons. The van der Waals surface area contributed by atoms with E-state index in [0.29, 0.717) is 25.7 Å². The number of carboxylic acid groups (broad SMARTS) is 1. The smallest absolute Gasteiger partial charge is 0.407 e. The summed E-state index contributed by atoms with van der Waals surface area (Å²) in [6, 6.07) is 6.31. The summed E-state index contributed by atoms with van der Waals surface area (Å²) in [5, 5.41) is 12.4. The molecular formula is C13H18BrN3O2. The molecule has 1 aliphatic heterocycles. The Morgan fingerprint density at radius 2 is 2.16 bits per heavy atom. The molecule has 1 saturated heterocycles. The second kappa shape index (κ2) is 6.25. The van der Waals surface area contributed by atoms with E-state index in [1.807, 2.05) is 18.2 Å². The predicted octanol–water partition coefficient (Wildman–Crippen LogP) is 2.46. The van der Waals surface area contributed by atoms with Crippen LogP contribution in [0.3, 0.4) is 0 Å². The molecule has 1 heterocycles. The van der Waals surface area contributed by atoms with E-state index in [-0.39, 0.29) is 0 Å². The van der Waals surface area contributed by atoms with Crippen molar-refractivity contribution in [3.05, 3.63) is 28.2 Å². The van der Waals surface area contributed by atoms with E-state index in [1.165, 1.54) is 4.90 Å². The minimum atomic E-state index is -0.829. The van der Waals surface area contributed by atoms with Crippen LogP contribution in [0.2, 0.25) is 0 Å². The van der Waals surface area contributed by atoms with E-state index in [0.717, 1.165) is 28.6 Å². The lowest BCUT2D eigenvalue weighted by molar-refractivity contribution is 0.134. The number of hydrogen-bond donors (Lipinski definition) is 3. The van der Waals surface area contributed by atoms with Crippen LogP contribution in [0, 0.1) is 0 Å². The van der Waals surface area contributed by atoms with Crippen molar-refractivity contribution in [2.45, 2.75) is 25.4 Å². The molecule has 2 rings (SSSR count). The van der Waals surface area contributed by atoms with Crippen molar-refractivity contribution in [2.24, 2.45) is 5.73 Å². The molecule has 0 atom stereocenters. The first-order valence-electron chi connectivity index (χ1n) is 6.33. The van der Waals surface area contributed by atoms with Crippen LogP contribution >= 0.6 is 15.9 Å². The van der Waals surface area contributed by atoms with E-state index in [2.05, 4.69) is 21.2 Å². The third kappa shape index (κ3) is 3.61. The van der Waals surface area contributed by atoms with Gasteiger partial charge in [-0.1, -0.05) is 15.9 Å². The predicted molar refractivity (Wildman–Crippen MR) is 78.3 cm³/mol. The van der Waals surface area contributed by atoms with E-state index in [9.17, 15) is 4.79 Å². The number of piperidine rings is 1. The van der Waals surface area contributed by atoms with Crippen molar-refractivity contribution in [1.82, 2.24) is 4.90 Å². The van der Waals surface area contributed by atoms with Crippen LogP contribution in [0.15, 0.2) is 22.7 Å². The molecule has 19 heavy (non-hydrogen) atoms. The maximum Gasteiger partial charge on any atom is 0.407 e. The summed E-state index contributed by atoms with van der Waals surface area (Å²) in [5.74, 6) is 0. The number of carbonyl (C=O) groups is 1. The van der Waals surface area contributed by atoms with Crippen molar-refractivity contribution in [3.8, 4) is 0 Å². The first kappa shape index (κ1) is 14.1. The molecule has 0 aromatic heterocycles. The number of amides is 1. The highest BCUT2D eigenvalue weighted by atomic mass is 79.9. The van der Waals surface area contributed by atoms with Crippen LogP contribution in [0.4, 0.5) is 10.5 Å². The molecule has 0 bridgehead atoms. The molecule has 4 N–H and O–H groups in total. The standard InChI is InChI=1S/C13H18BrN3O2/c14-10-1-2-12(9(7-10)8-15)16-11-3-5-17(6-4-11)13(18)19/h1-2,7,11,16H,3-6,8,15H2,(H,18,19). The maximum absolute atomic E-state index is 10.8. The van der Waals surface area contributed by atoms with Gasteiger partial charge in [-0.15, -0.1) is 0 Å². The lowest BCUT2D eigenvalue weighted by Gasteiger charge is -2.31. The van der Waals surface area contributed by atoms with E-state index in [4.69, 9.17) is 10.8 Å². The number of halogens is 1. The number of nitrogens with zero attached hydrogens (tertiary/aromatic N) is 1. The fraction of sp³-hybridized carbons (Fsp3) is 0.462. The summed E-state index contributed by atoms with van der Waals surface area (Å²) in [6.07, 6.45) is 0.823. The highest BCUT2D eigenvalue weighted by Gasteiger charge is 2.22. The third-order valence-corrected chi connectivity index (χ3v) is 3.91. The summed E-state index contributed by atoms with van der Waals surface area (Å²) in [4.78, 5) is 12.3. The summed E-state index contributed by atoms with van der Waals surface area (Å²) in [5.41, 5.74) is 7.85. The van der Waals surface area contributed by atoms with Gasteiger partial charge in [0.05, 0.1) is 0 Å². The Hall–Kier alpha value is -1.27. The molecule has 6 heteroatoms. The molecule has 0 radical (unpaired) electrons. The number of hydrogen-bond acceptors (Lipinski definition) is 3. The Balaban J connectivity index is 1.97. The number of benzene rings is 1. The molecule has 1 aromatic rings. The molecule has 1 amide bonds. The molecule has 5 nitrogen and oxygen atoms in total. The molecule has 0 spiro atoms. The fourth-order valence-electron chi connectivity index (χ4n) is 2.31. The first-order valence-corrected chi connectivity index (χ1v) is 7.12. The maximum atomic E-state index is 10.8. The number of rotatable bonds is 3. The minimum absolute atomic E-state index is 0.307. The van der Waals surface area contributed by atoms with Gasteiger partial charge in [-0.05, 0) is 36.6 Å². The summed E-state index contributed by atoms with van der Waals surface area (Å²) in [7, 11) is 0. The van der Waals surface area contributed by atoms with E-state index in [1.54, 1.807) is 0 Å². The number of nitrogens with two attached hydrogens (primary N) is 1. The van der Waals surface area contributed by atoms with Gasteiger partial charge in [-0.2, -0.15) is 0 Å². The molecule has 0 unspecified atom stereocenters. The van der Waals surface area contributed by atoms with Crippen molar-refractivity contribution in [1.29, 1.82) is 0 Å². The topological polar surface area (TPSA) is 78.6 Å². The van der Waals surface area contributed by atoms with Gasteiger partial charge in [-0.3, -0.25) is 0 Å². The van der Waals surface area contributed by atoms with Gasteiger partial charge in [0.25, 0.3) is 0 Å². The number of anilines is 1. The molecular weight excluding hydrogens is 310 g/mol. The highest BCUT2D eigenvalue weighted by Crippen LogP contribution is 2.23. The molecule has 1 fully saturated rings. The van der Waals surface area contributed by atoms with Gasteiger partial charge in [0.1, 0.15) is 0 Å². The first-order chi connectivity index (χ1) is 9.10. The van der Waals surface area contributed by atoms with Crippen LogP contribution in [-0.4, -0.2) is 35.2 Å². The van der Waals surface area contributed by atoms with Gasteiger partial charge in [0.15, 0.2) is 0 Å². The molecule has 0 aliphatic carbocycles. The quantitative estimate of drug-likeness (QED) is 0.796. The average Bonchev–Trinajstić information content (AvgIpc) is 2.41. The zero-order valence-electron chi connectivity index (χ0n) is 10.6. The van der Waals surface area contributed by atoms with Crippen LogP contribution in [0.5, 0.6) is 0 Å². The van der Waals surface area contributed by atoms with Gasteiger partial charge in [-0.25, -0.2) is 4.79 Å². The normalized spacial score (nSPS) is 16.4. The zero-order chi connectivity index (χ0) is 13.8. The van der Waals surface area contributed by atoms with Gasteiger partial charge >= 0.3 is 6.09 Å². The Morgan fingerprint density at radius 3 is 2.74 bits per heavy atom. The van der Waals surface area contributed by atoms with Gasteiger partial charge < -0.3 is 21.1 Å². The van der Waals surface area contributed by atoms with E-state index < -0.39 is 6.09 Å². The molecule has 1 aromatic carbocycles. The number of likely N-dealkylation sites (tertiary alicyclic amines) is 1. The van der Waals surface area contributed by atoms with Crippen molar-refractivity contribution in [3.63, 3.8) is 0 Å². The van der Waals surface area contributed by atoms with Crippen LogP contribution in [0.1, 0.15) is 18.4 Å². The number of nitrogens with one attached hydrogen (secondary N) is 1. The Bertz CT molecular complexity index is 459.